The Bertz CT molecular complexity index is 1190. The number of ketones is 1. The first-order chi connectivity index (χ1) is 19.2. The standard InChI is InChI=1S/C36H57NO5/c1-21(2)28-24(39)20-36(37-30(40)42-31(4,5)6)19-18-34(10)23(29(28)36)12-13-26-33(9)16-15-27(41-22(3)38)32(7,8)25(33)14-17-35(26,34)11/h21,23,25-27H,12-20H2,1-11H3,(H,37,40). The van der Waals surface area contributed by atoms with Crippen LogP contribution in [0.4, 0.5) is 4.79 Å². The first-order valence-corrected chi connectivity index (χ1v) is 16.7. The molecule has 8 unspecified atom stereocenters. The molecule has 4 saturated carbocycles. The highest BCUT2D eigenvalue weighted by atomic mass is 16.6. The second-order valence-corrected chi connectivity index (χ2v) is 17.4. The van der Waals surface area contributed by atoms with Crippen molar-refractivity contribution < 1.29 is 23.9 Å². The smallest absolute Gasteiger partial charge is 0.408 e. The number of carbonyl (C=O) groups excluding carboxylic acids is 3. The maximum Gasteiger partial charge on any atom is 0.408 e. The van der Waals surface area contributed by atoms with Crippen molar-refractivity contribution in [2.24, 2.45) is 45.3 Å². The fourth-order valence-corrected chi connectivity index (χ4v) is 11.6. The van der Waals surface area contributed by atoms with Crippen LogP contribution in [0.2, 0.25) is 0 Å². The lowest BCUT2D eigenvalue weighted by Gasteiger charge is -2.72. The molecule has 5 aliphatic carbocycles. The number of hydrogen-bond acceptors (Lipinski definition) is 5. The van der Waals surface area contributed by atoms with Gasteiger partial charge in [-0.15, -0.1) is 0 Å². The second-order valence-electron chi connectivity index (χ2n) is 17.4. The van der Waals surface area contributed by atoms with E-state index in [-0.39, 0.29) is 51.4 Å². The second kappa shape index (κ2) is 9.83. The van der Waals surface area contributed by atoms with Gasteiger partial charge < -0.3 is 14.8 Å². The van der Waals surface area contributed by atoms with Gasteiger partial charge in [0.1, 0.15) is 11.7 Å². The molecule has 0 radical (unpaired) electrons. The molecule has 0 bridgehead atoms. The fourth-order valence-electron chi connectivity index (χ4n) is 11.6. The van der Waals surface area contributed by atoms with Gasteiger partial charge in [-0.25, -0.2) is 4.79 Å². The molecule has 4 fully saturated rings. The summed E-state index contributed by atoms with van der Waals surface area (Å²) in [6.45, 7) is 23.8. The molecule has 1 N–H and O–H groups in total. The summed E-state index contributed by atoms with van der Waals surface area (Å²) in [4.78, 5) is 38.9. The molecular weight excluding hydrogens is 526 g/mol. The van der Waals surface area contributed by atoms with Crippen molar-refractivity contribution in [1.82, 2.24) is 5.32 Å². The van der Waals surface area contributed by atoms with Crippen LogP contribution >= 0.6 is 0 Å². The zero-order valence-electron chi connectivity index (χ0n) is 28.3. The Morgan fingerprint density at radius 3 is 2.14 bits per heavy atom. The molecule has 8 atom stereocenters. The first kappa shape index (κ1) is 31.6. The number of esters is 1. The molecule has 0 aromatic rings. The van der Waals surface area contributed by atoms with Crippen LogP contribution in [0.3, 0.4) is 0 Å². The van der Waals surface area contributed by atoms with Gasteiger partial charge in [0.05, 0.1) is 5.54 Å². The number of rotatable bonds is 3. The van der Waals surface area contributed by atoms with E-state index in [0.29, 0.717) is 18.3 Å². The SMILES string of the molecule is CC(=O)OC1CCC2(C)C(CCC3(C)C2CCC2C4=C(C(C)C)C(=O)CC4(NC(=O)OC(C)(C)C)CCC23C)C1(C)C. The molecule has 6 nitrogen and oxygen atoms in total. The number of nitrogens with one attached hydrogen (secondary N) is 1. The number of amides is 1. The minimum atomic E-state index is -0.641. The van der Waals surface area contributed by atoms with E-state index in [9.17, 15) is 14.4 Å². The van der Waals surface area contributed by atoms with Crippen LogP contribution in [-0.2, 0) is 19.1 Å². The van der Waals surface area contributed by atoms with E-state index in [1.165, 1.54) is 5.57 Å². The molecule has 0 aromatic heterocycles. The minimum Gasteiger partial charge on any atom is -0.462 e. The van der Waals surface area contributed by atoms with Gasteiger partial charge in [0, 0.05) is 18.8 Å². The molecule has 6 heteroatoms. The van der Waals surface area contributed by atoms with Gasteiger partial charge in [0.15, 0.2) is 5.78 Å². The molecule has 0 aromatic carbocycles. The Morgan fingerprint density at radius 2 is 1.55 bits per heavy atom. The summed E-state index contributed by atoms with van der Waals surface area (Å²) in [5, 5.41) is 3.30. The molecule has 0 aliphatic heterocycles. The maximum absolute atomic E-state index is 13.7. The van der Waals surface area contributed by atoms with Gasteiger partial charge in [0.2, 0.25) is 0 Å². The van der Waals surface area contributed by atoms with E-state index in [1.807, 2.05) is 20.8 Å². The summed E-state index contributed by atoms with van der Waals surface area (Å²) in [7, 11) is 0. The van der Waals surface area contributed by atoms with E-state index < -0.39 is 17.2 Å². The summed E-state index contributed by atoms with van der Waals surface area (Å²) in [6, 6.07) is 0. The number of fused-ring (bicyclic) bond motifs is 7. The number of ether oxygens (including phenoxy) is 2. The lowest BCUT2D eigenvalue weighted by atomic mass is 9.33. The Labute approximate surface area is 254 Å². The lowest BCUT2D eigenvalue weighted by Crippen LogP contribution is -2.67. The highest BCUT2D eigenvalue weighted by Crippen LogP contribution is 2.75. The van der Waals surface area contributed by atoms with Crippen molar-refractivity contribution in [2.45, 2.75) is 151 Å². The molecule has 0 spiro atoms. The zero-order valence-corrected chi connectivity index (χ0v) is 28.3. The Balaban J connectivity index is 1.53. The molecule has 236 valence electrons. The highest BCUT2D eigenvalue weighted by molar-refractivity contribution is 6.02. The Kier molecular flexibility index (Phi) is 7.39. The molecular formula is C36H57NO5. The third kappa shape index (κ3) is 4.50. The Morgan fingerprint density at radius 1 is 0.881 bits per heavy atom. The number of hydrogen-bond donors (Lipinski definition) is 1. The minimum absolute atomic E-state index is 0.0261. The third-order valence-electron chi connectivity index (χ3n) is 13.4. The average molecular weight is 584 g/mol. The van der Waals surface area contributed by atoms with Crippen molar-refractivity contribution >= 4 is 17.8 Å². The molecule has 5 rings (SSSR count). The fraction of sp³-hybridized carbons (Fsp3) is 0.861. The van der Waals surface area contributed by atoms with Crippen molar-refractivity contribution in [3.8, 4) is 0 Å². The van der Waals surface area contributed by atoms with E-state index >= 15 is 0 Å². The van der Waals surface area contributed by atoms with E-state index in [4.69, 9.17) is 9.47 Å². The third-order valence-corrected chi connectivity index (χ3v) is 13.4. The first-order valence-electron chi connectivity index (χ1n) is 16.7. The van der Waals surface area contributed by atoms with Crippen LogP contribution < -0.4 is 5.32 Å². The quantitative estimate of drug-likeness (QED) is 0.339. The Hall–Kier alpha value is -1.85. The predicted octanol–water partition coefficient (Wildman–Crippen LogP) is 8.18. The van der Waals surface area contributed by atoms with Crippen LogP contribution in [0.5, 0.6) is 0 Å². The van der Waals surface area contributed by atoms with Gasteiger partial charge in [-0.2, -0.15) is 0 Å². The van der Waals surface area contributed by atoms with Crippen molar-refractivity contribution in [1.29, 1.82) is 0 Å². The van der Waals surface area contributed by atoms with Crippen LogP contribution in [0.1, 0.15) is 134 Å². The van der Waals surface area contributed by atoms with Gasteiger partial charge in [0.25, 0.3) is 0 Å². The number of Topliss-reactive ketones (excluding diaryl/α,β-unsaturated/α-hetero) is 1. The van der Waals surface area contributed by atoms with Crippen LogP contribution in [-0.4, -0.2) is 35.1 Å². The van der Waals surface area contributed by atoms with Crippen LogP contribution in [0, 0.1) is 45.3 Å². The lowest BCUT2D eigenvalue weighted by molar-refractivity contribution is -0.231. The summed E-state index contributed by atoms with van der Waals surface area (Å²) in [5.41, 5.74) is 1.20. The van der Waals surface area contributed by atoms with Crippen LogP contribution in [0.15, 0.2) is 11.1 Å². The summed E-state index contributed by atoms with van der Waals surface area (Å²) in [5.74, 6) is 1.47. The van der Waals surface area contributed by atoms with Crippen molar-refractivity contribution in [3.05, 3.63) is 11.1 Å². The molecule has 1 amide bonds. The summed E-state index contributed by atoms with van der Waals surface area (Å²) >= 11 is 0. The zero-order chi connectivity index (χ0) is 31.3. The maximum atomic E-state index is 13.7. The van der Waals surface area contributed by atoms with Gasteiger partial charge in [-0.05, 0) is 123 Å². The topological polar surface area (TPSA) is 81.7 Å². The summed E-state index contributed by atoms with van der Waals surface area (Å²) in [6.07, 6.45) is 8.14. The van der Waals surface area contributed by atoms with E-state index in [1.54, 1.807) is 6.92 Å². The van der Waals surface area contributed by atoms with E-state index in [0.717, 1.165) is 56.9 Å². The predicted molar refractivity (Wildman–Crippen MR) is 165 cm³/mol. The van der Waals surface area contributed by atoms with Gasteiger partial charge >= 0.3 is 12.1 Å². The molecule has 0 heterocycles. The molecule has 0 saturated heterocycles. The van der Waals surface area contributed by atoms with Crippen molar-refractivity contribution in [2.75, 3.05) is 0 Å². The molecule has 5 aliphatic rings. The monoisotopic (exact) mass is 583 g/mol. The van der Waals surface area contributed by atoms with Crippen LogP contribution in [0.25, 0.3) is 0 Å². The molecule has 42 heavy (non-hydrogen) atoms. The number of alkyl carbamates (subject to hydrolysis) is 1. The normalized spacial score (nSPS) is 42.7. The van der Waals surface area contributed by atoms with Gasteiger partial charge in [-0.3, -0.25) is 9.59 Å². The average Bonchev–Trinajstić information content (AvgIpc) is 3.11. The van der Waals surface area contributed by atoms with E-state index in [2.05, 4.69) is 53.8 Å². The number of allylic oxidation sites excluding steroid dienone is 1. The summed E-state index contributed by atoms with van der Waals surface area (Å²) < 4.78 is 11.7. The largest absolute Gasteiger partial charge is 0.462 e. The number of carbonyl (C=O) groups is 3. The van der Waals surface area contributed by atoms with Gasteiger partial charge in [-0.1, -0.05) is 48.5 Å². The highest BCUT2D eigenvalue weighted by Gasteiger charge is 2.70. The van der Waals surface area contributed by atoms with Crippen molar-refractivity contribution in [3.63, 3.8) is 0 Å².